The van der Waals surface area contributed by atoms with E-state index >= 15 is 0 Å². The van der Waals surface area contributed by atoms with Gasteiger partial charge in [-0.1, -0.05) is 43.3 Å². The zero-order chi connectivity index (χ0) is 27.8. The van der Waals surface area contributed by atoms with Crippen LogP contribution in [-0.2, 0) is 33.9 Å². The van der Waals surface area contributed by atoms with E-state index in [-0.39, 0.29) is 5.91 Å². The van der Waals surface area contributed by atoms with E-state index in [2.05, 4.69) is 33.7 Å². The van der Waals surface area contributed by atoms with Gasteiger partial charge in [0.05, 0.1) is 10.8 Å². The summed E-state index contributed by atoms with van der Waals surface area (Å²) in [6.07, 6.45) is 3.04. The van der Waals surface area contributed by atoms with Crippen molar-refractivity contribution in [1.29, 1.82) is 5.26 Å². The number of fused-ring (bicyclic) bond motifs is 1. The molecule has 1 aliphatic rings. The lowest BCUT2D eigenvalue weighted by molar-refractivity contribution is -0.131. The maximum absolute atomic E-state index is 13.3. The van der Waals surface area contributed by atoms with E-state index in [1.54, 1.807) is 18.2 Å². The fourth-order valence-corrected chi connectivity index (χ4v) is 6.55. The molecule has 0 saturated carbocycles. The number of carboxylic acid groups (broad SMARTS) is 1. The number of nitrogens with zero attached hydrogens (tertiary/aromatic N) is 2. The molecule has 2 heterocycles. The Hall–Kier alpha value is -3.91. The van der Waals surface area contributed by atoms with Crippen molar-refractivity contribution in [2.45, 2.75) is 43.0 Å². The third-order valence-corrected chi connectivity index (χ3v) is 8.64. The largest absolute Gasteiger partial charge is 0.478 e. The van der Waals surface area contributed by atoms with Crippen LogP contribution in [0.2, 0.25) is 0 Å². The molecule has 0 fully saturated rings. The second-order valence-electron chi connectivity index (χ2n) is 8.96. The topological polar surface area (TPSA) is 123 Å². The van der Waals surface area contributed by atoms with Crippen molar-refractivity contribution in [3.8, 4) is 6.07 Å². The monoisotopic (exact) mass is 560 g/mol. The summed E-state index contributed by atoms with van der Waals surface area (Å²) in [7, 11) is 0. The lowest BCUT2D eigenvalue weighted by Crippen LogP contribution is -2.29. The number of anilines is 2. The van der Waals surface area contributed by atoms with Gasteiger partial charge in [-0.3, -0.25) is 14.5 Å². The van der Waals surface area contributed by atoms with Crippen LogP contribution in [0.25, 0.3) is 0 Å². The number of nitrogens with one attached hydrogen (secondary N) is 2. The number of carboxylic acids is 1. The highest BCUT2D eigenvalue weighted by molar-refractivity contribution is 8.00. The first-order chi connectivity index (χ1) is 18.9. The lowest BCUT2D eigenvalue weighted by Gasteiger charge is -2.26. The molecule has 2 aromatic carbocycles. The minimum absolute atomic E-state index is 0.183. The van der Waals surface area contributed by atoms with Gasteiger partial charge < -0.3 is 15.7 Å². The van der Waals surface area contributed by atoms with E-state index in [1.165, 1.54) is 28.7 Å². The number of benzene rings is 2. The quantitative estimate of drug-likeness (QED) is 0.228. The maximum atomic E-state index is 13.3. The van der Waals surface area contributed by atoms with Gasteiger partial charge in [0.2, 0.25) is 11.8 Å². The van der Waals surface area contributed by atoms with Crippen LogP contribution in [0.4, 0.5) is 10.7 Å². The van der Waals surface area contributed by atoms with Crippen LogP contribution in [0, 0.1) is 11.3 Å². The number of carbonyl (C=O) groups excluding carboxylic acids is 2. The summed E-state index contributed by atoms with van der Waals surface area (Å²) in [5, 5.41) is 24.4. The Kier molecular flexibility index (Phi) is 9.54. The number of hydrogen-bond acceptors (Lipinski definition) is 7. The Labute approximate surface area is 235 Å². The van der Waals surface area contributed by atoms with Crippen LogP contribution in [-0.4, -0.2) is 39.6 Å². The van der Waals surface area contributed by atoms with E-state index in [9.17, 15) is 19.6 Å². The van der Waals surface area contributed by atoms with Crippen molar-refractivity contribution in [3.63, 3.8) is 0 Å². The number of thiophene rings is 1. The minimum Gasteiger partial charge on any atom is -0.478 e. The molecule has 0 spiro atoms. The van der Waals surface area contributed by atoms with Gasteiger partial charge in [-0.05, 0) is 42.2 Å². The molecule has 39 heavy (non-hydrogen) atoms. The van der Waals surface area contributed by atoms with Crippen LogP contribution in [0.15, 0.2) is 71.6 Å². The molecule has 8 nitrogen and oxygen atoms in total. The summed E-state index contributed by atoms with van der Waals surface area (Å²) in [5.41, 5.74) is 3.33. The average Bonchev–Trinajstić information content (AvgIpc) is 3.27. The van der Waals surface area contributed by atoms with Gasteiger partial charge in [0.1, 0.15) is 11.1 Å². The molecular formula is C29H28N4O4S2. The Morgan fingerprint density at radius 2 is 1.95 bits per heavy atom. The zero-order valence-corrected chi connectivity index (χ0v) is 23.0. The molecule has 1 aliphatic heterocycles. The summed E-state index contributed by atoms with van der Waals surface area (Å²) < 4.78 is 0. The summed E-state index contributed by atoms with van der Waals surface area (Å²) in [6, 6.07) is 19.6. The van der Waals surface area contributed by atoms with Crippen molar-refractivity contribution in [2.75, 3.05) is 17.2 Å². The van der Waals surface area contributed by atoms with Crippen LogP contribution in [0.5, 0.6) is 0 Å². The first kappa shape index (κ1) is 28.1. The van der Waals surface area contributed by atoms with Crippen LogP contribution in [0.1, 0.15) is 34.9 Å². The third-order valence-electron chi connectivity index (χ3n) is 6.15. The molecule has 1 unspecified atom stereocenters. The molecule has 10 heteroatoms. The van der Waals surface area contributed by atoms with Crippen molar-refractivity contribution in [1.82, 2.24) is 4.90 Å². The molecular weight excluding hydrogens is 532 g/mol. The van der Waals surface area contributed by atoms with Gasteiger partial charge >= 0.3 is 5.97 Å². The van der Waals surface area contributed by atoms with Crippen LogP contribution >= 0.6 is 23.1 Å². The highest BCUT2D eigenvalue weighted by atomic mass is 32.2. The van der Waals surface area contributed by atoms with Gasteiger partial charge in [-0.15, -0.1) is 23.1 Å². The second kappa shape index (κ2) is 13.2. The Morgan fingerprint density at radius 1 is 1.15 bits per heavy atom. The number of rotatable bonds is 10. The highest BCUT2D eigenvalue weighted by Crippen LogP contribution is 2.38. The summed E-state index contributed by atoms with van der Waals surface area (Å²) in [4.78, 5) is 40.0. The smallest absolute Gasteiger partial charge is 0.328 e. The number of hydrogen-bond donors (Lipinski definition) is 3. The fraction of sp³-hybridized carbons (Fsp3) is 0.241. The summed E-state index contributed by atoms with van der Waals surface area (Å²) >= 11 is 2.84. The molecule has 3 N–H and O–H groups in total. The molecule has 3 aromatic rings. The Balaban J connectivity index is 1.42. The van der Waals surface area contributed by atoms with Gasteiger partial charge in [0.25, 0.3) is 0 Å². The average molecular weight is 561 g/mol. The minimum atomic E-state index is -1.21. The van der Waals surface area contributed by atoms with Crippen LogP contribution < -0.4 is 10.6 Å². The number of carbonyl (C=O) groups is 3. The molecule has 1 atom stereocenters. The standard InChI is InChI=1S/C29H28N4O4S2/c1-2-24(38-21-10-6-9-20(15-21)31-26(34)11-12-27(35)36)28(37)32-29-23(16-30)22-13-14-33(18-25(22)39-29)17-19-7-4-3-5-8-19/h3-12,15,24H,2,13-14,17-18H2,1H3,(H,31,34)(H,32,37)(H,35,36)/b12-11+. The normalized spacial score (nSPS) is 13.8. The molecule has 1 aromatic heterocycles. The highest BCUT2D eigenvalue weighted by Gasteiger charge is 2.27. The third kappa shape index (κ3) is 7.57. The number of amides is 2. The van der Waals surface area contributed by atoms with Gasteiger partial charge in [-0.2, -0.15) is 5.26 Å². The van der Waals surface area contributed by atoms with Crippen molar-refractivity contribution in [2.24, 2.45) is 0 Å². The Morgan fingerprint density at radius 3 is 2.67 bits per heavy atom. The lowest BCUT2D eigenvalue weighted by atomic mass is 10.0. The van der Waals surface area contributed by atoms with Crippen molar-refractivity contribution in [3.05, 3.63) is 88.3 Å². The van der Waals surface area contributed by atoms with Crippen LogP contribution in [0.3, 0.4) is 0 Å². The van der Waals surface area contributed by atoms with Gasteiger partial charge in [-0.25, -0.2) is 4.79 Å². The van der Waals surface area contributed by atoms with E-state index in [4.69, 9.17) is 5.11 Å². The SMILES string of the molecule is CCC(Sc1cccc(NC(=O)/C=C/C(=O)O)c1)C(=O)Nc1sc2c(c1C#N)CCN(Cc1ccccc1)C2. The predicted octanol–water partition coefficient (Wildman–Crippen LogP) is 5.27. The first-order valence-electron chi connectivity index (χ1n) is 12.5. The van der Waals surface area contributed by atoms with Crippen molar-refractivity contribution < 1.29 is 19.5 Å². The van der Waals surface area contributed by atoms with E-state index in [0.717, 1.165) is 53.5 Å². The van der Waals surface area contributed by atoms with E-state index in [0.29, 0.717) is 22.7 Å². The molecule has 4 rings (SSSR count). The Bertz CT molecular complexity index is 1430. The summed E-state index contributed by atoms with van der Waals surface area (Å²) in [6.45, 7) is 4.36. The zero-order valence-electron chi connectivity index (χ0n) is 21.3. The molecule has 0 radical (unpaired) electrons. The molecule has 0 saturated heterocycles. The number of nitriles is 1. The molecule has 0 aliphatic carbocycles. The second-order valence-corrected chi connectivity index (χ2v) is 11.3. The van der Waals surface area contributed by atoms with E-state index in [1.807, 2.05) is 31.2 Å². The maximum Gasteiger partial charge on any atom is 0.328 e. The fourth-order valence-electron chi connectivity index (χ4n) is 4.30. The molecule has 0 bridgehead atoms. The number of aliphatic carboxylic acids is 1. The predicted molar refractivity (Wildman–Crippen MR) is 154 cm³/mol. The molecule has 2 amide bonds. The van der Waals surface area contributed by atoms with Gasteiger partial charge in [0.15, 0.2) is 0 Å². The van der Waals surface area contributed by atoms with Gasteiger partial charge in [0, 0.05) is 47.2 Å². The first-order valence-corrected chi connectivity index (χ1v) is 14.2. The van der Waals surface area contributed by atoms with Crippen molar-refractivity contribution >= 4 is 51.6 Å². The number of thioether (sulfide) groups is 1. The van der Waals surface area contributed by atoms with E-state index < -0.39 is 17.1 Å². The summed E-state index contributed by atoms with van der Waals surface area (Å²) in [5.74, 6) is -1.95. The molecule has 200 valence electrons.